The first-order chi connectivity index (χ1) is 17.7. The van der Waals surface area contributed by atoms with E-state index in [0.29, 0.717) is 28.3 Å². The molecule has 1 aromatic heterocycles. The number of nitrogens with two attached hydrogens (primary N) is 1. The van der Waals surface area contributed by atoms with Crippen LogP contribution in [-0.4, -0.2) is 46.9 Å². The summed E-state index contributed by atoms with van der Waals surface area (Å²) in [5.41, 5.74) is 10.3. The standard InChI is InChI=1S/C28H30FN5O3/c1-5-24(35)34(4)10-11-37-26-25(31-15-32-27(26)30)22-13-20(29)14-23(17(22)3)33-28(36)21-9-8-19(12-16(21)2)18-6-7-18/h5,8-9,12-15,18H,1,6-7,10-11H2,2-4H3,(H,33,36)(H2,30,31,32). The molecule has 1 fully saturated rings. The van der Waals surface area contributed by atoms with Gasteiger partial charge in [0.1, 0.15) is 24.4 Å². The minimum atomic E-state index is -0.559. The summed E-state index contributed by atoms with van der Waals surface area (Å²) >= 11 is 0. The minimum Gasteiger partial charge on any atom is -0.486 e. The highest BCUT2D eigenvalue weighted by Crippen LogP contribution is 2.41. The zero-order valence-corrected chi connectivity index (χ0v) is 21.2. The van der Waals surface area contributed by atoms with Crippen molar-refractivity contribution in [3.05, 3.63) is 77.4 Å². The molecule has 1 aliphatic carbocycles. The van der Waals surface area contributed by atoms with Crippen molar-refractivity contribution in [2.45, 2.75) is 32.6 Å². The maximum atomic E-state index is 14.8. The van der Waals surface area contributed by atoms with Crippen LogP contribution in [0.2, 0.25) is 0 Å². The molecule has 0 atom stereocenters. The van der Waals surface area contributed by atoms with Gasteiger partial charge < -0.3 is 20.7 Å². The van der Waals surface area contributed by atoms with Gasteiger partial charge in [0.25, 0.3) is 5.91 Å². The predicted octanol–water partition coefficient (Wildman–Crippen LogP) is 4.63. The number of aryl methyl sites for hydroxylation is 1. The second-order valence-electron chi connectivity index (χ2n) is 9.18. The Morgan fingerprint density at radius 2 is 2.00 bits per heavy atom. The number of ether oxygens (including phenoxy) is 1. The van der Waals surface area contributed by atoms with Crippen molar-refractivity contribution in [2.24, 2.45) is 0 Å². The van der Waals surface area contributed by atoms with Crippen molar-refractivity contribution in [3.63, 3.8) is 0 Å². The molecular formula is C28H30FN5O3. The Balaban J connectivity index is 1.60. The van der Waals surface area contributed by atoms with Crippen LogP contribution in [0.4, 0.5) is 15.9 Å². The number of amides is 2. The first-order valence-corrected chi connectivity index (χ1v) is 12.0. The number of likely N-dealkylation sites (N-methyl/N-ethyl adjacent to an activating group) is 1. The lowest BCUT2D eigenvalue weighted by Gasteiger charge is -2.19. The number of nitrogen functional groups attached to an aromatic ring is 1. The molecule has 0 aliphatic heterocycles. The first-order valence-electron chi connectivity index (χ1n) is 12.0. The van der Waals surface area contributed by atoms with Crippen molar-refractivity contribution in [2.75, 3.05) is 31.2 Å². The van der Waals surface area contributed by atoms with Crippen LogP contribution in [-0.2, 0) is 4.79 Å². The molecule has 8 nitrogen and oxygen atoms in total. The van der Waals surface area contributed by atoms with Crippen LogP contribution >= 0.6 is 0 Å². The molecule has 4 rings (SSSR count). The SMILES string of the molecule is C=CC(=O)N(C)CCOc1c(N)ncnc1-c1cc(F)cc(NC(=O)c2ccc(C3CC3)cc2C)c1C. The van der Waals surface area contributed by atoms with Crippen LogP contribution < -0.4 is 15.8 Å². The molecule has 2 amide bonds. The van der Waals surface area contributed by atoms with E-state index in [-0.39, 0.29) is 42.2 Å². The van der Waals surface area contributed by atoms with E-state index in [0.717, 1.165) is 5.56 Å². The van der Waals surface area contributed by atoms with E-state index >= 15 is 0 Å². The quantitative estimate of drug-likeness (QED) is 0.412. The number of carbonyl (C=O) groups is 2. The fourth-order valence-corrected chi connectivity index (χ4v) is 4.13. The topological polar surface area (TPSA) is 110 Å². The fourth-order valence-electron chi connectivity index (χ4n) is 4.13. The number of rotatable bonds is 9. The molecular weight excluding hydrogens is 473 g/mol. The molecule has 37 heavy (non-hydrogen) atoms. The van der Waals surface area contributed by atoms with E-state index in [4.69, 9.17) is 10.5 Å². The highest BCUT2D eigenvalue weighted by Gasteiger charge is 2.25. The van der Waals surface area contributed by atoms with Crippen molar-refractivity contribution in [1.29, 1.82) is 0 Å². The minimum absolute atomic E-state index is 0.0725. The van der Waals surface area contributed by atoms with Crippen LogP contribution in [0.3, 0.4) is 0 Å². The van der Waals surface area contributed by atoms with Gasteiger partial charge in [-0.2, -0.15) is 0 Å². The average Bonchev–Trinajstić information content (AvgIpc) is 3.72. The number of carbonyl (C=O) groups excluding carboxylic acids is 2. The van der Waals surface area contributed by atoms with Crippen LogP contribution in [0.5, 0.6) is 5.75 Å². The lowest BCUT2D eigenvalue weighted by atomic mass is 10.00. The predicted molar refractivity (Wildman–Crippen MR) is 141 cm³/mol. The number of hydrogen-bond donors (Lipinski definition) is 2. The Labute approximate surface area is 215 Å². The Hall–Kier alpha value is -4.27. The number of hydrogen-bond acceptors (Lipinski definition) is 6. The van der Waals surface area contributed by atoms with E-state index in [1.165, 1.54) is 47.8 Å². The van der Waals surface area contributed by atoms with Gasteiger partial charge in [-0.3, -0.25) is 9.59 Å². The second kappa shape index (κ2) is 10.8. The molecule has 0 unspecified atom stereocenters. The fraction of sp³-hybridized carbons (Fsp3) is 0.286. The molecule has 192 valence electrons. The van der Waals surface area contributed by atoms with Gasteiger partial charge in [-0.05, 0) is 73.6 Å². The van der Waals surface area contributed by atoms with E-state index in [1.54, 1.807) is 14.0 Å². The molecule has 1 saturated carbocycles. The summed E-state index contributed by atoms with van der Waals surface area (Å²) < 4.78 is 20.6. The molecule has 2 aromatic carbocycles. The summed E-state index contributed by atoms with van der Waals surface area (Å²) in [5.74, 6) is -0.310. The molecule has 9 heteroatoms. The summed E-state index contributed by atoms with van der Waals surface area (Å²) in [6.45, 7) is 7.49. The monoisotopic (exact) mass is 503 g/mol. The normalized spacial score (nSPS) is 12.6. The summed E-state index contributed by atoms with van der Waals surface area (Å²) in [6, 6.07) is 8.42. The third-order valence-electron chi connectivity index (χ3n) is 6.47. The van der Waals surface area contributed by atoms with Gasteiger partial charge in [-0.1, -0.05) is 18.7 Å². The molecule has 1 aliphatic rings. The van der Waals surface area contributed by atoms with Crippen molar-refractivity contribution in [3.8, 4) is 17.0 Å². The van der Waals surface area contributed by atoms with Gasteiger partial charge >= 0.3 is 0 Å². The van der Waals surface area contributed by atoms with E-state index in [1.807, 2.05) is 25.1 Å². The van der Waals surface area contributed by atoms with E-state index < -0.39 is 5.82 Å². The van der Waals surface area contributed by atoms with E-state index in [9.17, 15) is 14.0 Å². The number of aromatic nitrogens is 2. The molecule has 0 bridgehead atoms. The molecule has 0 saturated heterocycles. The van der Waals surface area contributed by atoms with Crippen LogP contribution in [0, 0.1) is 19.7 Å². The van der Waals surface area contributed by atoms with Crippen molar-refractivity contribution in [1.82, 2.24) is 14.9 Å². The smallest absolute Gasteiger partial charge is 0.255 e. The number of halogens is 1. The highest BCUT2D eigenvalue weighted by molar-refractivity contribution is 6.06. The number of anilines is 2. The van der Waals surface area contributed by atoms with Gasteiger partial charge in [0, 0.05) is 23.9 Å². The van der Waals surface area contributed by atoms with Gasteiger partial charge in [0.05, 0.1) is 6.54 Å². The Kier molecular flexibility index (Phi) is 7.52. The molecule has 3 N–H and O–H groups in total. The third kappa shape index (κ3) is 5.77. The van der Waals surface area contributed by atoms with Gasteiger partial charge in [0.15, 0.2) is 11.6 Å². The second-order valence-corrected chi connectivity index (χ2v) is 9.18. The van der Waals surface area contributed by atoms with Gasteiger partial charge in [0.2, 0.25) is 5.91 Å². The molecule has 0 spiro atoms. The van der Waals surface area contributed by atoms with Gasteiger partial charge in [-0.15, -0.1) is 0 Å². The lowest BCUT2D eigenvalue weighted by Crippen LogP contribution is -2.29. The molecule has 1 heterocycles. The summed E-state index contributed by atoms with van der Waals surface area (Å²) in [7, 11) is 1.62. The average molecular weight is 504 g/mol. The molecule has 3 aromatic rings. The summed E-state index contributed by atoms with van der Waals surface area (Å²) in [5, 5.41) is 2.85. The van der Waals surface area contributed by atoms with Crippen LogP contribution in [0.25, 0.3) is 11.3 Å². The number of nitrogens with zero attached hydrogens (tertiary/aromatic N) is 3. The molecule has 0 radical (unpaired) electrons. The Bertz CT molecular complexity index is 1370. The first kappa shape index (κ1) is 25.8. The largest absolute Gasteiger partial charge is 0.486 e. The third-order valence-corrected chi connectivity index (χ3v) is 6.47. The van der Waals surface area contributed by atoms with Crippen LogP contribution in [0.1, 0.15) is 45.8 Å². The lowest BCUT2D eigenvalue weighted by molar-refractivity contribution is -0.125. The Morgan fingerprint density at radius 3 is 2.68 bits per heavy atom. The highest BCUT2D eigenvalue weighted by atomic mass is 19.1. The van der Waals surface area contributed by atoms with E-state index in [2.05, 4.69) is 21.9 Å². The van der Waals surface area contributed by atoms with Crippen molar-refractivity contribution >= 4 is 23.3 Å². The summed E-state index contributed by atoms with van der Waals surface area (Å²) in [4.78, 5) is 34.5. The van der Waals surface area contributed by atoms with Gasteiger partial charge in [-0.25, -0.2) is 14.4 Å². The van der Waals surface area contributed by atoms with Crippen LogP contribution in [0.15, 0.2) is 49.3 Å². The maximum Gasteiger partial charge on any atom is 0.255 e. The summed E-state index contributed by atoms with van der Waals surface area (Å²) in [6.07, 6.45) is 4.83. The number of nitrogens with one attached hydrogen (secondary N) is 1. The Morgan fingerprint density at radius 1 is 1.24 bits per heavy atom. The number of benzene rings is 2. The zero-order chi connectivity index (χ0) is 26.7. The maximum absolute atomic E-state index is 14.8. The van der Waals surface area contributed by atoms with Crippen molar-refractivity contribution < 1.29 is 18.7 Å². The zero-order valence-electron chi connectivity index (χ0n) is 21.2.